The van der Waals surface area contributed by atoms with Crippen molar-refractivity contribution in [1.82, 2.24) is 14.8 Å². The first-order valence-corrected chi connectivity index (χ1v) is 8.27. The topological polar surface area (TPSA) is 31.4 Å². The average Bonchev–Trinajstić information content (AvgIpc) is 2.55. The zero-order valence-electron chi connectivity index (χ0n) is 14.2. The van der Waals surface area contributed by atoms with Crippen LogP contribution in [-0.4, -0.2) is 47.1 Å². The molecule has 0 aliphatic carbocycles. The number of hydrogen-bond donors (Lipinski definition) is 1. The Bertz CT molecular complexity index is 663. The Morgan fingerprint density at radius 3 is 2.62 bits per heavy atom. The summed E-state index contributed by atoms with van der Waals surface area (Å²) in [6.07, 6.45) is 1.78. The van der Waals surface area contributed by atoms with Crippen LogP contribution < -0.4 is 5.32 Å². The molecule has 4 nitrogen and oxygen atoms in total. The molecular weight excluding hydrogens is 323 g/mol. The highest BCUT2D eigenvalue weighted by atomic mass is 32.1. The second-order valence-corrected chi connectivity index (χ2v) is 6.25. The summed E-state index contributed by atoms with van der Waals surface area (Å²) in [5.41, 5.74) is 1.59. The first-order valence-electron chi connectivity index (χ1n) is 7.86. The number of nitrogens with zero attached hydrogens (tertiary/aromatic N) is 3. The number of likely N-dealkylation sites (N-methyl/N-ethyl adjacent to an activating group) is 1. The molecule has 2 rings (SSSR count). The zero-order chi connectivity index (χ0) is 17.5. The van der Waals surface area contributed by atoms with Crippen LogP contribution in [0.25, 0.3) is 0 Å². The molecule has 0 aliphatic rings. The molecule has 0 aliphatic heterocycles. The van der Waals surface area contributed by atoms with Crippen molar-refractivity contribution >= 4 is 23.0 Å². The van der Waals surface area contributed by atoms with Gasteiger partial charge in [0.05, 0.1) is 11.7 Å². The molecule has 0 fully saturated rings. The number of halogens is 1. The summed E-state index contributed by atoms with van der Waals surface area (Å²) in [5.74, 6) is -0.291. The van der Waals surface area contributed by atoms with Gasteiger partial charge < -0.3 is 15.1 Å². The van der Waals surface area contributed by atoms with E-state index in [1.54, 1.807) is 18.3 Å². The molecule has 0 radical (unpaired) electrons. The molecule has 128 valence electrons. The highest BCUT2D eigenvalue weighted by molar-refractivity contribution is 7.80. The van der Waals surface area contributed by atoms with Crippen LogP contribution in [0.1, 0.15) is 18.7 Å². The molecule has 0 bridgehead atoms. The summed E-state index contributed by atoms with van der Waals surface area (Å²) >= 11 is 5.58. The van der Waals surface area contributed by atoms with Gasteiger partial charge in [-0.15, -0.1) is 0 Å². The van der Waals surface area contributed by atoms with Crippen LogP contribution in [0, 0.1) is 5.82 Å². The summed E-state index contributed by atoms with van der Waals surface area (Å²) in [6, 6.07) is 12.2. The monoisotopic (exact) mass is 346 g/mol. The van der Waals surface area contributed by atoms with E-state index in [9.17, 15) is 4.39 Å². The summed E-state index contributed by atoms with van der Waals surface area (Å²) in [5, 5.41) is 3.68. The van der Waals surface area contributed by atoms with Gasteiger partial charge in [0.15, 0.2) is 5.11 Å². The first-order chi connectivity index (χ1) is 11.5. The van der Waals surface area contributed by atoms with Crippen molar-refractivity contribution in [2.24, 2.45) is 0 Å². The van der Waals surface area contributed by atoms with Crippen LogP contribution >= 0.6 is 12.2 Å². The van der Waals surface area contributed by atoms with E-state index in [0.29, 0.717) is 10.8 Å². The normalized spacial score (nSPS) is 12.0. The number of nitrogens with one attached hydrogen (secondary N) is 1. The molecule has 1 N–H and O–H groups in total. The van der Waals surface area contributed by atoms with Crippen LogP contribution in [-0.2, 0) is 0 Å². The minimum absolute atomic E-state index is 0.0136. The van der Waals surface area contributed by atoms with Crippen molar-refractivity contribution in [2.45, 2.75) is 13.0 Å². The van der Waals surface area contributed by atoms with E-state index in [1.807, 2.05) is 32.3 Å². The molecular formula is C18H23FN4S. The number of anilines is 1. The smallest absolute Gasteiger partial charge is 0.174 e. The fourth-order valence-corrected chi connectivity index (χ4v) is 2.69. The maximum absolute atomic E-state index is 13.4. The SMILES string of the molecule is C[C@@H](c1ccccn1)N(CCN(C)C)C(=S)Nc1cccc(F)c1. The van der Waals surface area contributed by atoms with Gasteiger partial charge in [-0.3, -0.25) is 4.98 Å². The number of aromatic nitrogens is 1. The first kappa shape index (κ1) is 18.3. The lowest BCUT2D eigenvalue weighted by atomic mass is 10.2. The van der Waals surface area contributed by atoms with E-state index in [-0.39, 0.29) is 11.9 Å². The Kier molecular flexibility index (Phi) is 6.63. The van der Waals surface area contributed by atoms with Gasteiger partial charge in [0.25, 0.3) is 0 Å². The minimum atomic E-state index is -0.291. The van der Waals surface area contributed by atoms with Crippen LogP contribution in [0.3, 0.4) is 0 Å². The van der Waals surface area contributed by atoms with Gasteiger partial charge in [0.1, 0.15) is 5.82 Å². The molecule has 0 saturated carbocycles. The van der Waals surface area contributed by atoms with Crippen LogP contribution in [0.5, 0.6) is 0 Å². The van der Waals surface area contributed by atoms with Gasteiger partial charge in [0, 0.05) is 25.0 Å². The Balaban J connectivity index is 2.16. The molecule has 24 heavy (non-hydrogen) atoms. The largest absolute Gasteiger partial charge is 0.339 e. The molecule has 1 atom stereocenters. The fourth-order valence-electron chi connectivity index (χ4n) is 2.32. The van der Waals surface area contributed by atoms with Crippen molar-refractivity contribution in [3.8, 4) is 0 Å². The van der Waals surface area contributed by atoms with Crippen LogP contribution in [0.15, 0.2) is 48.7 Å². The van der Waals surface area contributed by atoms with Crippen molar-refractivity contribution in [3.63, 3.8) is 0 Å². The van der Waals surface area contributed by atoms with Crippen LogP contribution in [0.4, 0.5) is 10.1 Å². The molecule has 1 heterocycles. The Morgan fingerprint density at radius 1 is 1.21 bits per heavy atom. The summed E-state index contributed by atoms with van der Waals surface area (Å²) < 4.78 is 13.4. The quantitative estimate of drug-likeness (QED) is 0.809. The van der Waals surface area contributed by atoms with Gasteiger partial charge in [-0.25, -0.2) is 4.39 Å². The van der Waals surface area contributed by atoms with E-state index in [2.05, 4.69) is 27.0 Å². The predicted molar refractivity (Wildman–Crippen MR) is 101 cm³/mol. The third kappa shape index (κ3) is 5.25. The molecule has 2 aromatic rings. The molecule has 1 aromatic carbocycles. The highest BCUT2D eigenvalue weighted by Crippen LogP contribution is 2.20. The lowest BCUT2D eigenvalue weighted by Gasteiger charge is -2.32. The predicted octanol–water partition coefficient (Wildman–Crippen LogP) is 3.54. The van der Waals surface area contributed by atoms with Crippen molar-refractivity contribution in [1.29, 1.82) is 0 Å². The molecule has 0 amide bonds. The van der Waals surface area contributed by atoms with Crippen molar-refractivity contribution < 1.29 is 4.39 Å². The number of thiocarbonyl (C=S) groups is 1. The van der Waals surface area contributed by atoms with Gasteiger partial charge in [0.2, 0.25) is 0 Å². The Hall–Kier alpha value is -2.05. The Morgan fingerprint density at radius 2 is 2.00 bits per heavy atom. The van der Waals surface area contributed by atoms with Crippen molar-refractivity contribution in [3.05, 3.63) is 60.2 Å². The average molecular weight is 346 g/mol. The third-order valence-electron chi connectivity index (χ3n) is 3.71. The molecule has 0 spiro atoms. The third-order valence-corrected chi connectivity index (χ3v) is 4.04. The van der Waals surface area contributed by atoms with Gasteiger partial charge >= 0.3 is 0 Å². The van der Waals surface area contributed by atoms with Gasteiger partial charge in [-0.05, 0) is 63.6 Å². The van der Waals surface area contributed by atoms with E-state index < -0.39 is 0 Å². The molecule has 6 heteroatoms. The summed E-state index contributed by atoms with van der Waals surface area (Å²) in [7, 11) is 4.04. The van der Waals surface area contributed by atoms with E-state index >= 15 is 0 Å². The number of benzene rings is 1. The lowest BCUT2D eigenvalue weighted by molar-refractivity contribution is 0.286. The highest BCUT2D eigenvalue weighted by Gasteiger charge is 2.20. The van der Waals surface area contributed by atoms with E-state index in [1.165, 1.54) is 12.1 Å². The maximum Gasteiger partial charge on any atom is 0.174 e. The van der Waals surface area contributed by atoms with E-state index in [4.69, 9.17) is 12.2 Å². The lowest BCUT2D eigenvalue weighted by Crippen LogP contribution is -2.41. The van der Waals surface area contributed by atoms with Gasteiger partial charge in [-0.2, -0.15) is 0 Å². The summed E-state index contributed by atoms with van der Waals surface area (Å²) in [4.78, 5) is 8.60. The number of rotatable bonds is 6. The number of pyridine rings is 1. The zero-order valence-corrected chi connectivity index (χ0v) is 15.1. The van der Waals surface area contributed by atoms with Gasteiger partial charge in [-0.1, -0.05) is 12.1 Å². The van der Waals surface area contributed by atoms with Crippen molar-refractivity contribution in [2.75, 3.05) is 32.5 Å². The van der Waals surface area contributed by atoms with E-state index in [0.717, 1.165) is 18.8 Å². The molecule has 1 aromatic heterocycles. The second-order valence-electron chi connectivity index (χ2n) is 5.87. The second kappa shape index (κ2) is 8.70. The van der Waals surface area contributed by atoms with Crippen LogP contribution in [0.2, 0.25) is 0 Å². The summed E-state index contributed by atoms with van der Waals surface area (Å²) in [6.45, 7) is 3.66. The Labute approximate surface area is 148 Å². The maximum atomic E-state index is 13.4. The minimum Gasteiger partial charge on any atom is -0.339 e. The standard InChI is InChI=1S/C18H23FN4S/c1-14(17-9-4-5-10-20-17)23(12-11-22(2)3)18(24)21-16-8-6-7-15(19)13-16/h4-10,13-14H,11-12H2,1-3H3,(H,21,24)/t14-/m0/s1. The molecule has 0 saturated heterocycles. The number of hydrogen-bond acceptors (Lipinski definition) is 3. The molecule has 0 unspecified atom stereocenters. The fraction of sp³-hybridized carbons (Fsp3) is 0.333.